The van der Waals surface area contributed by atoms with E-state index in [4.69, 9.17) is 14.0 Å². The smallest absolute Gasteiger partial charge is 0.237 e. The van der Waals surface area contributed by atoms with Crippen LogP contribution in [0.3, 0.4) is 0 Å². The zero-order valence-electron chi connectivity index (χ0n) is 19.4. The molecule has 35 heavy (non-hydrogen) atoms. The Balaban J connectivity index is 1.49. The minimum Gasteiger partial charge on any atom is -0.497 e. The summed E-state index contributed by atoms with van der Waals surface area (Å²) in [6.07, 6.45) is 0. The lowest BCUT2D eigenvalue weighted by Crippen LogP contribution is -2.14. The van der Waals surface area contributed by atoms with Gasteiger partial charge in [0.05, 0.1) is 24.2 Å². The highest BCUT2D eigenvalue weighted by molar-refractivity contribution is 7.99. The number of hydrogen-bond acceptors (Lipinski definition) is 8. The predicted molar refractivity (Wildman–Crippen MR) is 129 cm³/mol. The number of amides is 1. The van der Waals surface area contributed by atoms with Crippen LogP contribution >= 0.6 is 11.8 Å². The summed E-state index contributed by atoms with van der Waals surface area (Å²) in [6.45, 7) is 3.99. The van der Waals surface area contributed by atoms with Gasteiger partial charge in [-0.25, -0.2) is 4.39 Å². The minimum atomic E-state index is -0.452. The van der Waals surface area contributed by atoms with Gasteiger partial charge in [-0.15, -0.1) is 10.2 Å². The van der Waals surface area contributed by atoms with Crippen LogP contribution in [-0.4, -0.2) is 38.7 Å². The van der Waals surface area contributed by atoms with Gasteiger partial charge in [-0.1, -0.05) is 42.9 Å². The topological polar surface area (TPSA) is 104 Å². The molecule has 0 atom stereocenters. The highest BCUT2D eigenvalue weighted by Crippen LogP contribution is 2.26. The fourth-order valence-corrected chi connectivity index (χ4v) is 3.87. The van der Waals surface area contributed by atoms with Gasteiger partial charge in [0.25, 0.3) is 0 Å². The molecule has 0 spiro atoms. The van der Waals surface area contributed by atoms with E-state index in [2.05, 4.69) is 20.7 Å². The van der Waals surface area contributed by atoms with Crippen LogP contribution < -0.4 is 14.8 Å². The van der Waals surface area contributed by atoms with Crippen LogP contribution in [0.2, 0.25) is 0 Å². The molecule has 9 nitrogen and oxygen atoms in total. The molecule has 0 fully saturated rings. The maximum absolute atomic E-state index is 14.7. The fraction of sp³-hybridized carbons (Fsp3) is 0.250. The van der Waals surface area contributed by atoms with Crippen molar-refractivity contribution in [2.24, 2.45) is 0 Å². The van der Waals surface area contributed by atoms with Gasteiger partial charge in [0.2, 0.25) is 11.8 Å². The van der Waals surface area contributed by atoms with Crippen LogP contribution in [0.25, 0.3) is 5.69 Å². The molecule has 0 unspecified atom stereocenters. The molecular weight excluding hydrogens is 473 g/mol. The molecule has 0 radical (unpaired) electrons. The molecule has 0 saturated heterocycles. The fourth-order valence-electron chi connectivity index (χ4n) is 3.11. The van der Waals surface area contributed by atoms with Crippen molar-refractivity contribution in [3.8, 4) is 17.2 Å². The largest absolute Gasteiger partial charge is 0.497 e. The summed E-state index contributed by atoms with van der Waals surface area (Å²) in [4.78, 5) is 12.5. The monoisotopic (exact) mass is 497 g/mol. The Morgan fingerprint density at radius 3 is 2.57 bits per heavy atom. The molecule has 2 aromatic heterocycles. The number of thioether (sulfide) groups is 1. The summed E-state index contributed by atoms with van der Waals surface area (Å²) in [5.74, 6) is 1.35. The Labute approximate surface area is 205 Å². The molecule has 4 rings (SSSR count). The van der Waals surface area contributed by atoms with Crippen LogP contribution in [0.1, 0.15) is 31.3 Å². The Kier molecular flexibility index (Phi) is 7.66. The number of benzene rings is 2. The molecule has 0 saturated carbocycles. The zero-order chi connectivity index (χ0) is 24.8. The van der Waals surface area contributed by atoms with Gasteiger partial charge in [0.1, 0.15) is 23.9 Å². The Morgan fingerprint density at radius 2 is 1.89 bits per heavy atom. The number of anilines is 1. The number of carbonyl (C=O) groups excluding carboxylic acids is 1. The normalized spacial score (nSPS) is 11.0. The van der Waals surface area contributed by atoms with Crippen LogP contribution in [-0.2, 0) is 11.4 Å². The van der Waals surface area contributed by atoms with Crippen LogP contribution in [0.15, 0.2) is 64.3 Å². The quantitative estimate of drug-likeness (QED) is 0.311. The lowest BCUT2D eigenvalue weighted by atomic mass is 10.1. The summed E-state index contributed by atoms with van der Waals surface area (Å²) >= 11 is 1.11. The average molecular weight is 498 g/mol. The maximum atomic E-state index is 14.7. The van der Waals surface area contributed by atoms with Gasteiger partial charge in [-0.05, 0) is 42.3 Å². The molecule has 0 aliphatic heterocycles. The van der Waals surface area contributed by atoms with E-state index in [-0.39, 0.29) is 35.8 Å². The molecule has 182 valence electrons. The molecule has 2 aromatic carbocycles. The van der Waals surface area contributed by atoms with E-state index in [9.17, 15) is 9.18 Å². The second kappa shape index (κ2) is 11.0. The van der Waals surface area contributed by atoms with Gasteiger partial charge in [-0.3, -0.25) is 14.7 Å². The zero-order valence-corrected chi connectivity index (χ0v) is 20.2. The number of nitrogens with zero attached hydrogens (tertiary/aromatic N) is 4. The third-order valence-electron chi connectivity index (χ3n) is 4.94. The molecule has 1 amide bonds. The first-order chi connectivity index (χ1) is 16.9. The van der Waals surface area contributed by atoms with Crippen molar-refractivity contribution in [2.45, 2.75) is 31.5 Å². The summed E-state index contributed by atoms with van der Waals surface area (Å²) in [5.41, 5.74) is 0.999. The second-order valence-corrected chi connectivity index (χ2v) is 8.70. The SMILES string of the molecule is COc1ccc(OCc2nnc(SCC(=O)Nc3cc(C(C)C)no3)n2-c2ccccc2F)cc1. The Hall–Kier alpha value is -3.86. The summed E-state index contributed by atoms with van der Waals surface area (Å²) < 4.78 is 32.3. The second-order valence-electron chi connectivity index (χ2n) is 7.76. The van der Waals surface area contributed by atoms with Gasteiger partial charge in [0, 0.05) is 6.07 Å². The molecular formula is C24H24FN5O4S. The van der Waals surface area contributed by atoms with E-state index in [1.165, 1.54) is 6.07 Å². The molecule has 1 N–H and O–H groups in total. The van der Waals surface area contributed by atoms with Crippen molar-refractivity contribution in [3.05, 3.63) is 71.9 Å². The maximum Gasteiger partial charge on any atom is 0.237 e. The summed E-state index contributed by atoms with van der Waals surface area (Å²) in [5, 5.41) is 15.3. The molecule has 0 aliphatic carbocycles. The van der Waals surface area contributed by atoms with Crippen LogP contribution in [0.4, 0.5) is 10.3 Å². The van der Waals surface area contributed by atoms with Crippen molar-refractivity contribution in [1.29, 1.82) is 0 Å². The molecule has 0 aliphatic rings. The van der Waals surface area contributed by atoms with E-state index in [0.29, 0.717) is 22.5 Å². The van der Waals surface area contributed by atoms with Gasteiger partial charge < -0.3 is 14.0 Å². The molecule has 0 bridgehead atoms. The van der Waals surface area contributed by atoms with Gasteiger partial charge in [-0.2, -0.15) is 0 Å². The predicted octanol–water partition coefficient (Wildman–Crippen LogP) is 4.84. The summed E-state index contributed by atoms with van der Waals surface area (Å²) in [7, 11) is 1.58. The average Bonchev–Trinajstić information content (AvgIpc) is 3.49. The number of nitrogens with one attached hydrogen (secondary N) is 1. The van der Waals surface area contributed by atoms with E-state index >= 15 is 0 Å². The first-order valence-electron chi connectivity index (χ1n) is 10.8. The van der Waals surface area contributed by atoms with Gasteiger partial charge >= 0.3 is 0 Å². The van der Waals surface area contributed by atoms with E-state index in [1.54, 1.807) is 60.2 Å². The van der Waals surface area contributed by atoms with Crippen molar-refractivity contribution in [1.82, 2.24) is 19.9 Å². The molecule has 2 heterocycles. The Morgan fingerprint density at radius 1 is 1.14 bits per heavy atom. The highest BCUT2D eigenvalue weighted by Gasteiger charge is 2.19. The number of halogens is 1. The first kappa shape index (κ1) is 24.3. The number of rotatable bonds is 10. The molecule has 4 aromatic rings. The number of methoxy groups -OCH3 is 1. The van der Waals surface area contributed by atoms with Crippen LogP contribution in [0, 0.1) is 5.82 Å². The number of ether oxygens (including phenoxy) is 2. The standard InChI is InChI=1S/C24H24FN5O4S/c1-15(2)19-12-23(34-29-19)26-22(31)14-35-24-28-27-21(30(24)20-7-5-4-6-18(20)25)13-33-17-10-8-16(32-3)9-11-17/h4-12,15H,13-14H2,1-3H3,(H,26,31). The number of aromatic nitrogens is 4. The molecule has 11 heteroatoms. The highest BCUT2D eigenvalue weighted by atomic mass is 32.2. The van der Waals surface area contributed by atoms with Crippen molar-refractivity contribution >= 4 is 23.6 Å². The third kappa shape index (κ3) is 5.99. The number of hydrogen-bond donors (Lipinski definition) is 1. The van der Waals surface area contributed by atoms with Crippen molar-refractivity contribution < 1.29 is 23.2 Å². The van der Waals surface area contributed by atoms with Gasteiger partial charge in [0.15, 0.2) is 11.0 Å². The lowest BCUT2D eigenvalue weighted by molar-refractivity contribution is -0.113. The van der Waals surface area contributed by atoms with Crippen LogP contribution in [0.5, 0.6) is 11.5 Å². The summed E-state index contributed by atoms with van der Waals surface area (Å²) in [6, 6.07) is 15.0. The Bertz CT molecular complexity index is 1290. The van der Waals surface area contributed by atoms with E-state index in [0.717, 1.165) is 17.5 Å². The van der Waals surface area contributed by atoms with E-state index in [1.807, 2.05) is 13.8 Å². The van der Waals surface area contributed by atoms with E-state index < -0.39 is 5.82 Å². The minimum absolute atomic E-state index is 0.00361. The van der Waals surface area contributed by atoms with Crippen molar-refractivity contribution in [3.63, 3.8) is 0 Å². The van der Waals surface area contributed by atoms with Crippen molar-refractivity contribution in [2.75, 3.05) is 18.2 Å². The number of para-hydroxylation sites is 1. The lowest BCUT2D eigenvalue weighted by Gasteiger charge is -2.12. The third-order valence-corrected chi connectivity index (χ3v) is 5.86. The first-order valence-corrected chi connectivity index (χ1v) is 11.8. The number of carbonyl (C=O) groups is 1.